The first-order valence-electron chi connectivity index (χ1n) is 4.62. The second-order valence-electron chi connectivity index (χ2n) is 3.60. The summed E-state index contributed by atoms with van der Waals surface area (Å²) >= 11 is 0. The van der Waals surface area contributed by atoms with Gasteiger partial charge in [0.05, 0.1) is 0 Å². The Kier molecular flexibility index (Phi) is 3.84. The van der Waals surface area contributed by atoms with Crippen molar-refractivity contribution in [1.82, 2.24) is 5.32 Å². The lowest BCUT2D eigenvalue weighted by molar-refractivity contribution is 0.300. The maximum atomic E-state index is 11.8. The third kappa shape index (κ3) is 3.19. The van der Waals surface area contributed by atoms with Crippen molar-refractivity contribution in [2.24, 2.45) is 5.92 Å². The first-order chi connectivity index (χ1) is 5.33. The molecular weight excluding hydrogens is 141 g/mol. The fraction of sp³-hybridized carbons (Fsp3) is 1.00. The van der Waals surface area contributed by atoms with Crippen LogP contribution in [0.3, 0.4) is 0 Å². The van der Waals surface area contributed by atoms with Gasteiger partial charge in [0.2, 0.25) is 0 Å². The minimum Gasteiger partial charge on any atom is -0.311 e. The summed E-state index contributed by atoms with van der Waals surface area (Å²) in [7, 11) is 0. The van der Waals surface area contributed by atoms with E-state index in [1.165, 1.54) is 25.7 Å². The Hall–Kier alpha value is -0.110. The molecule has 1 aliphatic carbocycles. The predicted molar refractivity (Wildman–Crippen MR) is 45.4 cm³/mol. The maximum Gasteiger partial charge on any atom is 0.102 e. The molecular formula is C9H18FN. The lowest BCUT2D eigenvalue weighted by Gasteiger charge is -2.26. The topological polar surface area (TPSA) is 12.0 Å². The molecule has 11 heavy (non-hydrogen) atoms. The summed E-state index contributed by atoms with van der Waals surface area (Å²) in [6.07, 6.45) is 5.09. The van der Waals surface area contributed by atoms with Crippen LogP contribution in [-0.4, -0.2) is 19.3 Å². The van der Waals surface area contributed by atoms with Crippen molar-refractivity contribution in [2.75, 3.05) is 13.2 Å². The van der Waals surface area contributed by atoms with E-state index in [-0.39, 0.29) is 6.67 Å². The van der Waals surface area contributed by atoms with Gasteiger partial charge in [-0.1, -0.05) is 6.92 Å². The van der Waals surface area contributed by atoms with E-state index >= 15 is 0 Å². The van der Waals surface area contributed by atoms with Crippen LogP contribution >= 0.6 is 0 Å². The number of rotatable bonds is 3. The van der Waals surface area contributed by atoms with Crippen LogP contribution in [0.15, 0.2) is 0 Å². The van der Waals surface area contributed by atoms with Crippen LogP contribution in [0.25, 0.3) is 0 Å². The monoisotopic (exact) mass is 159 g/mol. The van der Waals surface area contributed by atoms with Crippen LogP contribution in [-0.2, 0) is 0 Å². The summed E-state index contributed by atoms with van der Waals surface area (Å²) in [5.74, 6) is 0.887. The normalized spacial score (nSPS) is 32.2. The quantitative estimate of drug-likeness (QED) is 0.665. The Labute approximate surface area is 68.4 Å². The van der Waals surface area contributed by atoms with Crippen molar-refractivity contribution in [3.05, 3.63) is 0 Å². The Balaban J connectivity index is 2.07. The summed E-state index contributed by atoms with van der Waals surface area (Å²) in [4.78, 5) is 0. The molecule has 1 saturated carbocycles. The standard InChI is InChI=1S/C9H18FN/c1-8-2-4-9(5-3-8)11-7-6-10/h8-9,11H,2-7H2,1H3. The van der Waals surface area contributed by atoms with Crippen LogP contribution < -0.4 is 5.32 Å². The number of hydrogen-bond acceptors (Lipinski definition) is 1. The van der Waals surface area contributed by atoms with Gasteiger partial charge in [0, 0.05) is 12.6 Å². The summed E-state index contributed by atoms with van der Waals surface area (Å²) in [6.45, 7) is 2.61. The minimum atomic E-state index is -0.230. The molecule has 0 bridgehead atoms. The first kappa shape index (κ1) is 8.98. The molecule has 1 N–H and O–H groups in total. The average molecular weight is 159 g/mol. The van der Waals surface area contributed by atoms with E-state index < -0.39 is 0 Å². The lowest BCUT2D eigenvalue weighted by Crippen LogP contribution is -2.33. The van der Waals surface area contributed by atoms with Crippen LogP contribution in [0.5, 0.6) is 0 Å². The highest BCUT2D eigenvalue weighted by Gasteiger charge is 2.16. The van der Waals surface area contributed by atoms with E-state index in [4.69, 9.17) is 0 Å². The van der Waals surface area contributed by atoms with Crippen LogP contribution in [0.1, 0.15) is 32.6 Å². The molecule has 1 fully saturated rings. The van der Waals surface area contributed by atoms with Gasteiger partial charge in [0.1, 0.15) is 6.67 Å². The molecule has 66 valence electrons. The highest BCUT2D eigenvalue weighted by molar-refractivity contribution is 4.74. The van der Waals surface area contributed by atoms with Gasteiger partial charge in [0.15, 0.2) is 0 Å². The highest BCUT2D eigenvalue weighted by Crippen LogP contribution is 2.23. The average Bonchev–Trinajstić information content (AvgIpc) is 2.04. The van der Waals surface area contributed by atoms with E-state index in [1.807, 2.05) is 0 Å². The second kappa shape index (κ2) is 4.70. The summed E-state index contributed by atoms with van der Waals surface area (Å²) in [5, 5.41) is 3.22. The molecule has 0 atom stereocenters. The third-order valence-electron chi connectivity index (χ3n) is 2.54. The molecule has 0 amide bonds. The molecule has 0 aromatic heterocycles. The molecule has 2 heteroatoms. The van der Waals surface area contributed by atoms with Crippen molar-refractivity contribution < 1.29 is 4.39 Å². The maximum absolute atomic E-state index is 11.8. The van der Waals surface area contributed by atoms with Crippen molar-refractivity contribution in [1.29, 1.82) is 0 Å². The SMILES string of the molecule is CC1CCC(NCCF)CC1. The lowest BCUT2D eigenvalue weighted by atomic mass is 9.87. The van der Waals surface area contributed by atoms with E-state index in [0.717, 1.165) is 5.92 Å². The second-order valence-corrected chi connectivity index (χ2v) is 3.60. The van der Waals surface area contributed by atoms with E-state index in [9.17, 15) is 4.39 Å². The van der Waals surface area contributed by atoms with E-state index in [0.29, 0.717) is 12.6 Å². The zero-order valence-corrected chi connectivity index (χ0v) is 7.28. The zero-order valence-electron chi connectivity index (χ0n) is 7.28. The van der Waals surface area contributed by atoms with Crippen molar-refractivity contribution >= 4 is 0 Å². The molecule has 1 nitrogen and oxygen atoms in total. The predicted octanol–water partition coefficient (Wildman–Crippen LogP) is 2.12. The molecule has 1 aliphatic rings. The first-order valence-corrected chi connectivity index (χ1v) is 4.62. The molecule has 0 heterocycles. The molecule has 0 radical (unpaired) electrons. The van der Waals surface area contributed by atoms with Gasteiger partial charge in [-0.15, -0.1) is 0 Å². The van der Waals surface area contributed by atoms with Crippen LogP contribution in [0, 0.1) is 5.92 Å². The Bertz CT molecular complexity index is 95.0. The number of alkyl halides is 1. The van der Waals surface area contributed by atoms with Gasteiger partial charge < -0.3 is 5.32 Å². The van der Waals surface area contributed by atoms with Crippen LogP contribution in [0.4, 0.5) is 4.39 Å². The number of nitrogens with one attached hydrogen (secondary N) is 1. The van der Waals surface area contributed by atoms with Gasteiger partial charge in [-0.3, -0.25) is 0 Å². The van der Waals surface area contributed by atoms with Gasteiger partial charge in [0.25, 0.3) is 0 Å². The highest BCUT2D eigenvalue weighted by atomic mass is 19.1. The van der Waals surface area contributed by atoms with E-state index in [2.05, 4.69) is 12.2 Å². The minimum absolute atomic E-state index is 0.230. The van der Waals surface area contributed by atoms with Crippen molar-refractivity contribution in [3.63, 3.8) is 0 Å². The van der Waals surface area contributed by atoms with Crippen molar-refractivity contribution in [2.45, 2.75) is 38.6 Å². The fourth-order valence-corrected chi connectivity index (χ4v) is 1.72. The smallest absolute Gasteiger partial charge is 0.102 e. The molecule has 1 rings (SSSR count). The largest absolute Gasteiger partial charge is 0.311 e. The fourth-order valence-electron chi connectivity index (χ4n) is 1.72. The number of hydrogen-bond donors (Lipinski definition) is 1. The van der Waals surface area contributed by atoms with Gasteiger partial charge in [-0.05, 0) is 31.6 Å². The molecule has 0 aromatic rings. The molecule has 0 unspecified atom stereocenters. The molecule has 0 aromatic carbocycles. The van der Waals surface area contributed by atoms with E-state index in [1.54, 1.807) is 0 Å². The van der Waals surface area contributed by atoms with Gasteiger partial charge in [-0.2, -0.15) is 0 Å². The van der Waals surface area contributed by atoms with Gasteiger partial charge >= 0.3 is 0 Å². The Morgan fingerprint density at radius 3 is 2.45 bits per heavy atom. The Morgan fingerprint density at radius 2 is 1.91 bits per heavy atom. The molecule has 0 saturated heterocycles. The van der Waals surface area contributed by atoms with Crippen LogP contribution in [0.2, 0.25) is 0 Å². The summed E-state index contributed by atoms with van der Waals surface area (Å²) in [6, 6.07) is 0.599. The van der Waals surface area contributed by atoms with Crippen molar-refractivity contribution in [3.8, 4) is 0 Å². The zero-order chi connectivity index (χ0) is 8.10. The molecule has 0 aliphatic heterocycles. The molecule has 0 spiro atoms. The third-order valence-corrected chi connectivity index (χ3v) is 2.54. The summed E-state index contributed by atoms with van der Waals surface area (Å²) < 4.78 is 11.8. The summed E-state index contributed by atoms with van der Waals surface area (Å²) in [5.41, 5.74) is 0. The number of halogens is 1. The van der Waals surface area contributed by atoms with Gasteiger partial charge in [-0.25, -0.2) is 4.39 Å². The Morgan fingerprint density at radius 1 is 1.27 bits per heavy atom.